The Hall–Kier alpha value is -1.63. The summed E-state index contributed by atoms with van der Waals surface area (Å²) in [7, 11) is 0. The molecular weight excluding hydrogens is 270 g/mol. The molecule has 0 bridgehead atoms. The van der Waals surface area contributed by atoms with Crippen LogP contribution in [0.25, 0.3) is 0 Å². The number of amides is 1. The van der Waals surface area contributed by atoms with E-state index >= 15 is 0 Å². The highest BCUT2D eigenvalue weighted by Crippen LogP contribution is 2.22. The molecule has 0 unspecified atom stereocenters. The zero-order valence-electron chi connectivity index (χ0n) is 10.3. The van der Waals surface area contributed by atoms with Gasteiger partial charge >= 0.3 is 5.97 Å². The van der Waals surface area contributed by atoms with Crippen LogP contribution in [0.1, 0.15) is 16.8 Å². The highest BCUT2D eigenvalue weighted by molar-refractivity contribution is 6.33. The molecule has 0 radical (unpaired) electrons. The number of carbonyl (C=O) groups is 2. The number of anilines is 1. The van der Waals surface area contributed by atoms with Crippen LogP contribution in [0, 0.1) is 0 Å². The van der Waals surface area contributed by atoms with Gasteiger partial charge in [0, 0.05) is 0 Å². The number of rotatable bonds is 7. The fraction of sp³-hybridized carbons (Fsp3) is 0.333. The van der Waals surface area contributed by atoms with Gasteiger partial charge in [-0.15, -0.1) is 0 Å². The van der Waals surface area contributed by atoms with E-state index in [2.05, 4.69) is 10.6 Å². The Kier molecular flexibility index (Phi) is 6.27. The van der Waals surface area contributed by atoms with Crippen molar-refractivity contribution < 1.29 is 14.7 Å². The Morgan fingerprint density at radius 2 is 2.11 bits per heavy atom. The quantitative estimate of drug-likeness (QED) is 0.558. The van der Waals surface area contributed by atoms with Crippen LogP contribution >= 0.6 is 11.6 Å². The maximum absolute atomic E-state index is 11.6. The maximum atomic E-state index is 11.6. The Balaban J connectivity index is 2.58. The number of carboxylic acid groups (broad SMARTS) is 1. The molecule has 19 heavy (non-hydrogen) atoms. The number of benzene rings is 1. The maximum Gasteiger partial charge on any atom is 0.335 e. The summed E-state index contributed by atoms with van der Waals surface area (Å²) >= 11 is 5.88. The number of hydrogen-bond donors (Lipinski definition) is 4. The fourth-order valence-electron chi connectivity index (χ4n) is 1.38. The number of nitrogens with one attached hydrogen (secondary N) is 2. The highest BCUT2D eigenvalue weighted by Gasteiger charge is 2.09. The zero-order valence-corrected chi connectivity index (χ0v) is 11.0. The SMILES string of the molecule is NCCCNCC(=O)Nc1cc(C(=O)O)ccc1Cl. The summed E-state index contributed by atoms with van der Waals surface area (Å²) in [6, 6.07) is 4.13. The van der Waals surface area contributed by atoms with E-state index in [1.807, 2.05) is 0 Å². The first kappa shape index (κ1) is 15.4. The second kappa shape index (κ2) is 7.73. The van der Waals surface area contributed by atoms with Crippen molar-refractivity contribution in [3.05, 3.63) is 28.8 Å². The molecule has 0 aliphatic carbocycles. The van der Waals surface area contributed by atoms with Crippen LogP contribution in [0.5, 0.6) is 0 Å². The number of carbonyl (C=O) groups excluding carboxylic acids is 1. The van der Waals surface area contributed by atoms with Crippen LogP contribution in [-0.2, 0) is 4.79 Å². The molecule has 0 fully saturated rings. The molecule has 104 valence electrons. The average molecular weight is 286 g/mol. The third-order valence-corrected chi connectivity index (χ3v) is 2.66. The lowest BCUT2D eigenvalue weighted by Crippen LogP contribution is -2.29. The molecule has 5 N–H and O–H groups in total. The number of hydrogen-bond acceptors (Lipinski definition) is 4. The summed E-state index contributed by atoms with van der Waals surface area (Å²) in [6.07, 6.45) is 0.780. The van der Waals surface area contributed by atoms with Crippen molar-refractivity contribution in [2.45, 2.75) is 6.42 Å². The molecule has 6 nitrogen and oxygen atoms in total. The summed E-state index contributed by atoms with van der Waals surface area (Å²) < 4.78 is 0. The molecule has 0 saturated heterocycles. The van der Waals surface area contributed by atoms with Gasteiger partial charge in [-0.3, -0.25) is 4.79 Å². The Morgan fingerprint density at radius 1 is 1.37 bits per heavy atom. The Labute approximate surface area is 115 Å². The van der Waals surface area contributed by atoms with E-state index < -0.39 is 5.97 Å². The van der Waals surface area contributed by atoms with Gasteiger partial charge in [-0.1, -0.05) is 11.6 Å². The smallest absolute Gasteiger partial charge is 0.335 e. The molecule has 0 saturated carbocycles. The lowest BCUT2D eigenvalue weighted by molar-refractivity contribution is -0.115. The van der Waals surface area contributed by atoms with Crippen LogP contribution in [0.3, 0.4) is 0 Å². The number of carboxylic acids is 1. The first-order valence-corrected chi connectivity index (χ1v) is 6.16. The topological polar surface area (TPSA) is 104 Å². The highest BCUT2D eigenvalue weighted by atomic mass is 35.5. The molecule has 1 aromatic carbocycles. The zero-order chi connectivity index (χ0) is 14.3. The molecule has 1 rings (SSSR count). The van der Waals surface area contributed by atoms with Gasteiger partial charge in [-0.2, -0.15) is 0 Å². The van der Waals surface area contributed by atoms with E-state index in [-0.39, 0.29) is 23.7 Å². The van der Waals surface area contributed by atoms with Crippen molar-refractivity contribution in [1.29, 1.82) is 0 Å². The van der Waals surface area contributed by atoms with Gasteiger partial charge in [0.1, 0.15) is 0 Å². The van der Waals surface area contributed by atoms with E-state index in [0.29, 0.717) is 18.1 Å². The van der Waals surface area contributed by atoms with Gasteiger partial charge in [0.2, 0.25) is 5.91 Å². The van der Waals surface area contributed by atoms with Gasteiger partial charge in [0.05, 0.1) is 22.8 Å². The molecule has 0 atom stereocenters. The average Bonchev–Trinajstić information content (AvgIpc) is 2.37. The summed E-state index contributed by atoms with van der Waals surface area (Å²) in [6.45, 7) is 1.32. The van der Waals surface area contributed by atoms with Crippen LogP contribution in [0.15, 0.2) is 18.2 Å². The molecule has 1 amide bonds. The summed E-state index contributed by atoms with van der Waals surface area (Å²) in [5.41, 5.74) is 5.67. The van der Waals surface area contributed by atoms with E-state index in [9.17, 15) is 9.59 Å². The van der Waals surface area contributed by atoms with E-state index in [4.69, 9.17) is 22.4 Å². The van der Waals surface area contributed by atoms with E-state index in [0.717, 1.165) is 6.42 Å². The fourth-order valence-corrected chi connectivity index (χ4v) is 1.54. The van der Waals surface area contributed by atoms with Gasteiger partial charge in [0.15, 0.2) is 0 Å². The van der Waals surface area contributed by atoms with E-state index in [1.54, 1.807) is 0 Å². The third-order valence-electron chi connectivity index (χ3n) is 2.33. The van der Waals surface area contributed by atoms with Crippen molar-refractivity contribution in [3.8, 4) is 0 Å². The second-order valence-electron chi connectivity index (χ2n) is 3.87. The molecule has 0 aliphatic heterocycles. The van der Waals surface area contributed by atoms with Gasteiger partial charge in [-0.05, 0) is 37.7 Å². The van der Waals surface area contributed by atoms with Crippen LogP contribution in [0.4, 0.5) is 5.69 Å². The molecule has 0 spiro atoms. The molecule has 0 heterocycles. The molecular formula is C12H16ClN3O3. The molecule has 7 heteroatoms. The predicted octanol–water partition coefficient (Wildman–Crippen LogP) is 0.915. The third kappa shape index (κ3) is 5.25. The van der Waals surface area contributed by atoms with Crippen molar-refractivity contribution in [2.24, 2.45) is 5.73 Å². The largest absolute Gasteiger partial charge is 0.478 e. The first-order chi connectivity index (χ1) is 9.04. The van der Waals surface area contributed by atoms with Gasteiger partial charge < -0.3 is 21.5 Å². The standard InChI is InChI=1S/C12H16ClN3O3/c13-9-3-2-8(12(18)19)6-10(9)16-11(17)7-15-5-1-4-14/h2-3,6,15H,1,4-5,7,14H2,(H,16,17)(H,18,19). The van der Waals surface area contributed by atoms with Crippen LogP contribution in [-0.4, -0.2) is 36.6 Å². The number of nitrogens with two attached hydrogens (primary N) is 1. The predicted molar refractivity (Wildman–Crippen MR) is 73.6 cm³/mol. The van der Waals surface area contributed by atoms with Gasteiger partial charge in [-0.25, -0.2) is 4.79 Å². The molecule has 0 aromatic heterocycles. The minimum atomic E-state index is -1.08. The summed E-state index contributed by atoms with van der Waals surface area (Å²) in [5, 5.41) is 14.6. The van der Waals surface area contributed by atoms with Crippen LogP contribution in [0.2, 0.25) is 5.02 Å². The Bertz CT molecular complexity index is 466. The number of halogens is 1. The van der Waals surface area contributed by atoms with Crippen molar-refractivity contribution in [2.75, 3.05) is 25.0 Å². The van der Waals surface area contributed by atoms with Gasteiger partial charge in [0.25, 0.3) is 0 Å². The Morgan fingerprint density at radius 3 is 2.74 bits per heavy atom. The minimum absolute atomic E-state index is 0.0655. The number of aromatic carboxylic acids is 1. The van der Waals surface area contributed by atoms with Crippen molar-refractivity contribution >= 4 is 29.2 Å². The van der Waals surface area contributed by atoms with Crippen molar-refractivity contribution in [3.63, 3.8) is 0 Å². The molecule has 1 aromatic rings. The van der Waals surface area contributed by atoms with Crippen molar-refractivity contribution in [1.82, 2.24) is 5.32 Å². The lowest BCUT2D eigenvalue weighted by atomic mass is 10.2. The van der Waals surface area contributed by atoms with Crippen LogP contribution < -0.4 is 16.4 Å². The first-order valence-electron chi connectivity index (χ1n) is 5.78. The minimum Gasteiger partial charge on any atom is -0.478 e. The summed E-state index contributed by atoms with van der Waals surface area (Å²) in [5.74, 6) is -1.37. The lowest BCUT2D eigenvalue weighted by Gasteiger charge is -2.09. The van der Waals surface area contributed by atoms with E-state index in [1.165, 1.54) is 18.2 Å². The second-order valence-corrected chi connectivity index (χ2v) is 4.27. The summed E-state index contributed by atoms with van der Waals surface area (Å²) in [4.78, 5) is 22.4. The monoisotopic (exact) mass is 285 g/mol. The molecule has 0 aliphatic rings. The normalized spacial score (nSPS) is 10.2.